The number of hydrogen-bond donors (Lipinski definition) is 0. The number of benzene rings is 1. The Morgan fingerprint density at radius 3 is 2.72 bits per heavy atom. The fraction of sp³-hybridized carbons (Fsp3) is 0.400. The van der Waals surface area contributed by atoms with Crippen LogP contribution in [0.1, 0.15) is 37.8 Å². The lowest BCUT2D eigenvalue weighted by Gasteiger charge is -2.10. The molecule has 0 aromatic heterocycles. The van der Waals surface area contributed by atoms with E-state index in [0.29, 0.717) is 12.0 Å². The summed E-state index contributed by atoms with van der Waals surface area (Å²) in [5, 5.41) is 0. The topological polar surface area (TPSA) is 26.3 Å². The molecule has 0 amide bonds. The molecular weight excluding hydrogens is 231 g/mol. The third kappa shape index (κ3) is 3.69. The van der Waals surface area contributed by atoms with Crippen molar-refractivity contribution in [2.24, 2.45) is 0 Å². The smallest absolute Gasteiger partial charge is 0.168 e. The zero-order valence-electron chi connectivity index (χ0n) is 11.1. The maximum Gasteiger partial charge on any atom is 0.168 e. The molecule has 98 valence electrons. The van der Waals surface area contributed by atoms with Gasteiger partial charge in [-0.25, -0.2) is 4.39 Å². The van der Waals surface area contributed by atoms with Gasteiger partial charge >= 0.3 is 0 Å². The van der Waals surface area contributed by atoms with Crippen molar-refractivity contribution < 1.29 is 13.9 Å². The Morgan fingerprint density at radius 2 is 2.17 bits per heavy atom. The summed E-state index contributed by atoms with van der Waals surface area (Å²) >= 11 is 0. The number of rotatable bonds is 6. The SMILES string of the molecule is CCCCc1c(C=CC(C)=O)ccc(OC)c1F. The zero-order valence-corrected chi connectivity index (χ0v) is 11.1. The Bertz CT molecular complexity index is 450. The van der Waals surface area contributed by atoms with Crippen molar-refractivity contribution in [3.63, 3.8) is 0 Å². The lowest BCUT2D eigenvalue weighted by atomic mass is 10.00. The molecule has 0 radical (unpaired) electrons. The Labute approximate surface area is 107 Å². The van der Waals surface area contributed by atoms with Gasteiger partial charge in [-0.2, -0.15) is 0 Å². The molecule has 0 fully saturated rings. The molecule has 0 aliphatic rings. The van der Waals surface area contributed by atoms with Gasteiger partial charge in [0.1, 0.15) is 0 Å². The van der Waals surface area contributed by atoms with Crippen LogP contribution in [0.25, 0.3) is 6.08 Å². The van der Waals surface area contributed by atoms with Crippen LogP contribution in [0.2, 0.25) is 0 Å². The van der Waals surface area contributed by atoms with Gasteiger partial charge in [0.05, 0.1) is 7.11 Å². The van der Waals surface area contributed by atoms with Gasteiger partial charge in [-0.15, -0.1) is 0 Å². The standard InChI is InChI=1S/C15H19FO2/c1-4-5-6-13-12(8-7-11(2)17)9-10-14(18-3)15(13)16/h7-10H,4-6H2,1-3H3. The predicted molar refractivity (Wildman–Crippen MR) is 71.3 cm³/mol. The van der Waals surface area contributed by atoms with Crippen LogP contribution in [0.15, 0.2) is 18.2 Å². The van der Waals surface area contributed by atoms with Crippen molar-refractivity contribution in [3.8, 4) is 5.75 Å². The third-order valence-corrected chi connectivity index (χ3v) is 2.74. The highest BCUT2D eigenvalue weighted by Gasteiger charge is 2.12. The molecule has 0 aliphatic heterocycles. The molecule has 0 saturated heterocycles. The van der Waals surface area contributed by atoms with Crippen LogP contribution < -0.4 is 4.74 Å². The molecule has 0 saturated carbocycles. The summed E-state index contributed by atoms with van der Waals surface area (Å²) in [4.78, 5) is 10.9. The van der Waals surface area contributed by atoms with Gasteiger partial charge in [0, 0.05) is 0 Å². The predicted octanol–water partition coefficient (Wildman–Crippen LogP) is 3.78. The van der Waals surface area contributed by atoms with E-state index in [1.807, 2.05) is 0 Å². The van der Waals surface area contributed by atoms with Crippen molar-refractivity contribution in [3.05, 3.63) is 35.2 Å². The maximum atomic E-state index is 14.1. The Hall–Kier alpha value is -1.64. The maximum absolute atomic E-state index is 14.1. The number of unbranched alkanes of at least 4 members (excludes halogenated alkanes) is 1. The first-order chi connectivity index (χ1) is 8.60. The van der Waals surface area contributed by atoms with Gasteiger partial charge in [-0.05, 0) is 43.0 Å². The van der Waals surface area contributed by atoms with Gasteiger partial charge in [0.25, 0.3) is 0 Å². The summed E-state index contributed by atoms with van der Waals surface area (Å²) in [7, 11) is 1.45. The first-order valence-corrected chi connectivity index (χ1v) is 6.14. The second-order valence-corrected chi connectivity index (χ2v) is 4.20. The van der Waals surface area contributed by atoms with E-state index < -0.39 is 0 Å². The largest absolute Gasteiger partial charge is 0.494 e. The van der Waals surface area contributed by atoms with Crippen molar-refractivity contribution in [2.75, 3.05) is 7.11 Å². The summed E-state index contributed by atoms with van der Waals surface area (Å²) in [6, 6.07) is 3.37. The van der Waals surface area contributed by atoms with E-state index >= 15 is 0 Å². The van der Waals surface area contributed by atoms with Gasteiger partial charge in [-0.1, -0.05) is 25.5 Å². The summed E-state index contributed by atoms with van der Waals surface area (Å²) in [5.74, 6) is -0.120. The molecule has 0 N–H and O–H groups in total. The summed E-state index contributed by atoms with van der Waals surface area (Å²) in [5.41, 5.74) is 1.37. The quantitative estimate of drug-likeness (QED) is 0.718. The lowest BCUT2D eigenvalue weighted by Crippen LogP contribution is -1.99. The average Bonchev–Trinajstić information content (AvgIpc) is 2.35. The van der Waals surface area contributed by atoms with Crippen LogP contribution in [-0.2, 0) is 11.2 Å². The van der Waals surface area contributed by atoms with Crippen LogP contribution in [0.4, 0.5) is 4.39 Å². The number of ether oxygens (including phenoxy) is 1. The molecular formula is C15H19FO2. The molecule has 3 heteroatoms. The average molecular weight is 250 g/mol. The van der Waals surface area contributed by atoms with Gasteiger partial charge in [0.15, 0.2) is 17.3 Å². The minimum Gasteiger partial charge on any atom is -0.494 e. The molecule has 0 heterocycles. The number of allylic oxidation sites excluding steroid dienone is 1. The molecule has 2 nitrogen and oxygen atoms in total. The second-order valence-electron chi connectivity index (χ2n) is 4.20. The molecule has 0 unspecified atom stereocenters. The number of carbonyl (C=O) groups is 1. The number of carbonyl (C=O) groups excluding carboxylic acids is 1. The zero-order chi connectivity index (χ0) is 13.5. The number of halogens is 1. The molecule has 18 heavy (non-hydrogen) atoms. The van der Waals surface area contributed by atoms with Gasteiger partial charge < -0.3 is 4.74 Å². The minimum absolute atomic E-state index is 0.0485. The van der Waals surface area contributed by atoms with Crippen molar-refractivity contribution in [2.45, 2.75) is 33.1 Å². The fourth-order valence-electron chi connectivity index (χ4n) is 1.74. The van der Waals surface area contributed by atoms with Crippen molar-refractivity contribution in [1.29, 1.82) is 0 Å². The van der Waals surface area contributed by atoms with Crippen LogP contribution >= 0.6 is 0 Å². The number of hydrogen-bond acceptors (Lipinski definition) is 2. The van der Waals surface area contributed by atoms with E-state index in [4.69, 9.17) is 4.74 Å². The van der Waals surface area contributed by atoms with Crippen LogP contribution in [0.3, 0.4) is 0 Å². The molecule has 1 rings (SSSR count). The molecule has 0 bridgehead atoms. The highest BCUT2D eigenvalue weighted by Crippen LogP contribution is 2.26. The van der Waals surface area contributed by atoms with E-state index in [-0.39, 0.29) is 17.3 Å². The lowest BCUT2D eigenvalue weighted by molar-refractivity contribution is -0.112. The Kier molecular flexibility index (Phi) is 5.56. The van der Waals surface area contributed by atoms with E-state index in [0.717, 1.165) is 18.4 Å². The normalized spacial score (nSPS) is 10.9. The van der Waals surface area contributed by atoms with E-state index in [9.17, 15) is 9.18 Å². The van der Waals surface area contributed by atoms with E-state index in [2.05, 4.69) is 6.92 Å². The first kappa shape index (κ1) is 14.4. The molecule has 0 aliphatic carbocycles. The summed E-state index contributed by atoms with van der Waals surface area (Å²) in [6.07, 6.45) is 5.67. The Morgan fingerprint density at radius 1 is 1.44 bits per heavy atom. The fourth-order valence-corrected chi connectivity index (χ4v) is 1.74. The van der Waals surface area contributed by atoms with Crippen molar-refractivity contribution in [1.82, 2.24) is 0 Å². The molecule has 1 aromatic rings. The number of methoxy groups -OCH3 is 1. The van der Waals surface area contributed by atoms with Crippen LogP contribution in [-0.4, -0.2) is 12.9 Å². The van der Waals surface area contributed by atoms with Crippen LogP contribution in [0, 0.1) is 5.82 Å². The first-order valence-electron chi connectivity index (χ1n) is 6.14. The number of ketones is 1. The van der Waals surface area contributed by atoms with E-state index in [1.54, 1.807) is 18.2 Å². The summed E-state index contributed by atoms with van der Waals surface area (Å²) < 4.78 is 19.1. The second kappa shape index (κ2) is 6.94. The minimum atomic E-state index is -0.323. The molecule has 0 atom stereocenters. The summed E-state index contributed by atoms with van der Waals surface area (Å²) in [6.45, 7) is 3.53. The molecule has 1 aromatic carbocycles. The molecule has 0 spiro atoms. The van der Waals surface area contributed by atoms with Crippen LogP contribution in [0.5, 0.6) is 5.75 Å². The third-order valence-electron chi connectivity index (χ3n) is 2.74. The highest BCUT2D eigenvalue weighted by atomic mass is 19.1. The van der Waals surface area contributed by atoms with Gasteiger partial charge in [-0.3, -0.25) is 4.79 Å². The monoisotopic (exact) mass is 250 g/mol. The van der Waals surface area contributed by atoms with Crippen molar-refractivity contribution >= 4 is 11.9 Å². The highest BCUT2D eigenvalue weighted by molar-refractivity contribution is 5.91. The Balaban J connectivity index is 3.15. The van der Waals surface area contributed by atoms with Gasteiger partial charge in [0.2, 0.25) is 0 Å². The van der Waals surface area contributed by atoms with E-state index in [1.165, 1.54) is 20.1 Å².